The molecule has 1 aliphatic rings. The van der Waals surface area contributed by atoms with Gasteiger partial charge in [0.2, 0.25) is 0 Å². The van der Waals surface area contributed by atoms with Gasteiger partial charge in [-0.1, -0.05) is 18.2 Å². The molecular formula is C13H14N4OS. The Kier molecular flexibility index (Phi) is 3.25. The van der Waals surface area contributed by atoms with Crippen LogP contribution in [-0.4, -0.2) is 43.5 Å². The highest BCUT2D eigenvalue weighted by molar-refractivity contribution is 8.00. The monoisotopic (exact) mass is 274 g/mol. The summed E-state index contributed by atoms with van der Waals surface area (Å²) in [6.45, 7) is 2.82. The van der Waals surface area contributed by atoms with Gasteiger partial charge in [0.1, 0.15) is 0 Å². The van der Waals surface area contributed by atoms with E-state index in [0.29, 0.717) is 5.69 Å². The van der Waals surface area contributed by atoms with Crippen LogP contribution >= 0.6 is 11.8 Å². The lowest BCUT2D eigenvalue weighted by molar-refractivity contribution is 0.0762. The molecule has 0 bridgehead atoms. The Bertz CT molecular complexity index is 583. The van der Waals surface area contributed by atoms with Crippen molar-refractivity contribution in [3.63, 3.8) is 0 Å². The number of carbonyl (C=O) groups is 1. The van der Waals surface area contributed by atoms with E-state index in [1.807, 2.05) is 42.2 Å². The van der Waals surface area contributed by atoms with Gasteiger partial charge in [0.15, 0.2) is 5.69 Å². The maximum Gasteiger partial charge on any atom is 0.276 e. The minimum atomic E-state index is -0.0420. The summed E-state index contributed by atoms with van der Waals surface area (Å²) >= 11 is 1.78. The number of aromatic nitrogens is 3. The number of nitrogens with zero attached hydrogens (tertiary/aromatic N) is 4. The summed E-state index contributed by atoms with van der Waals surface area (Å²) in [5.41, 5.74) is 1.25. The van der Waals surface area contributed by atoms with E-state index in [9.17, 15) is 4.79 Å². The molecule has 0 aliphatic carbocycles. The third-order valence-corrected chi connectivity index (χ3v) is 4.24. The van der Waals surface area contributed by atoms with E-state index in [-0.39, 0.29) is 11.3 Å². The Morgan fingerprint density at radius 3 is 2.84 bits per heavy atom. The minimum Gasteiger partial charge on any atom is -0.325 e. The second-order valence-electron chi connectivity index (χ2n) is 4.32. The number of amides is 1. The van der Waals surface area contributed by atoms with Crippen molar-refractivity contribution in [1.29, 1.82) is 0 Å². The summed E-state index contributed by atoms with van der Waals surface area (Å²) in [6.07, 6.45) is 1.53. The van der Waals surface area contributed by atoms with Crippen molar-refractivity contribution in [3.05, 3.63) is 42.2 Å². The van der Waals surface area contributed by atoms with Crippen molar-refractivity contribution < 1.29 is 4.79 Å². The van der Waals surface area contributed by atoms with Crippen LogP contribution in [0.15, 0.2) is 36.5 Å². The van der Waals surface area contributed by atoms with Crippen molar-refractivity contribution in [2.75, 3.05) is 12.3 Å². The molecule has 1 aromatic heterocycles. The Morgan fingerprint density at radius 2 is 2.16 bits per heavy atom. The number of benzene rings is 1. The molecule has 1 fully saturated rings. The van der Waals surface area contributed by atoms with Crippen LogP contribution in [0.1, 0.15) is 17.4 Å². The van der Waals surface area contributed by atoms with Crippen LogP contribution in [0.5, 0.6) is 0 Å². The maximum atomic E-state index is 12.3. The molecule has 1 unspecified atom stereocenters. The topological polar surface area (TPSA) is 51.0 Å². The number of hydrogen-bond donors (Lipinski definition) is 0. The molecular weight excluding hydrogens is 260 g/mol. The van der Waals surface area contributed by atoms with Crippen LogP contribution in [-0.2, 0) is 0 Å². The van der Waals surface area contributed by atoms with Crippen molar-refractivity contribution in [3.8, 4) is 5.69 Å². The minimum absolute atomic E-state index is 0.0420. The molecule has 2 heterocycles. The van der Waals surface area contributed by atoms with Crippen LogP contribution in [0.4, 0.5) is 0 Å². The zero-order chi connectivity index (χ0) is 13.2. The highest BCUT2D eigenvalue weighted by atomic mass is 32.2. The quantitative estimate of drug-likeness (QED) is 0.838. The standard InChI is InChI=1S/C13H14N4OS/c1-10-16(7-8-19-10)13(18)12-9-14-17(15-12)11-5-3-2-4-6-11/h2-6,9-10H,7-8H2,1H3. The molecule has 98 valence electrons. The lowest BCUT2D eigenvalue weighted by atomic mass is 10.3. The smallest absolute Gasteiger partial charge is 0.276 e. The van der Waals surface area contributed by atoms with Gasteiger partial charge in [-0.25, -0.2) is 0 Å². The molecule has 6 heteroatoms. The van der Waals surface area contributed by atoms with Crippen molar-refractivity contribution in [2.24, 2.45) is 0 Å². The van der Waals surface area contributed by atoms with Gasteiger partial charge in [-0.2, -0.15) is 9.90 Å². The van der Waals surface area contributed by atoms with Crippen molar-refractivity contribution in [1.82, 2.24) is 19.9 Å². The summed E-state index contributed by atoms with van der Waals surface area (Å²) in [5.74, 6) is 0.944. The second-order valence-corrected chi connectivity index (χ2v) is 5.75. The average Bonchev–Trinajstić information content (AvgIpc) is 3.08. The van der Waals surface area contributed by atoms with E-state index in [1.165, 1.54) is 11.0 Å². The van der Waals surface area contributed by atoms with E-state index < -0.39 is 0 Å². The first-order chi connectivity index (χ1) is 9.25. The lowest BCUT2D eigenvalue weighted by Crippen LogP contribution is -2.33. The number of thioether (sulfide) groups is 1. The summed E-state index contributed by atoms with van der Waals surface area (Å²) in [5, 5.41) is 8.64. The molecule has 0 N–H and O–H groups in total. The van der Waals surface area contributed by atoms with Crippen LogP contribution in [0.2, 0.25) is 0 Å². The molecule has 0 spiro atoms. The molecule has 1 aliphatic heterocycles. The molecule has 5 nitrogen and oxygen atoms in total. The molecule has 1 atom stereocenters. The van der Waals surface area contributed by atoms with Gasteiger partial charge in [0.05, 0.1) is 17.3 Å². The first-order valence-corrected chi connectivity index (χ1v) is 7.21. The summed E-state index contributed by atoms with van der Waals surface area (Å²) < 4.78 is 0. The van der Waals surface area contributed by atoms with Crippen molar-refractivity contribution in [2.45, 2.75) is 12.3 Å². The first kappa shape index (κ1) is 12.2. The molecule has 19 heavy (non-hydrogen) atoms. The first-order valence-electron chi connectivity index (χ1n) is 6.16. The van der Waals surface area contributed by atoms with Crippen LogP contribution in [0, 0.1) is 0 Å². The Balaban J connectivity index is 1.83. The largest absolute Gasteiger partial charge is 0.325 e. The van der Waals surface area contributed by atoms with Gasteiger partial charge in [-0.15, -0.1) is 16.9 Å². The molecule has 1 amide bonds. The normalized spacial score (nSPS) is 18.8. The predicted molar refractivity (Wildman–Crippen MR) is 74.3 cm³/mol. The molecule has 0 radical (unpaired) electrons. The van der Waals surface area contributed by atoms with E-state index in [1.54, 1.807) is 11.8 Å². The predicted octanol–water partition coefficient (Wildman–Crippen LogP) is 1.80. The summed E-state index contributed by atoms with van der Waals surface area (Å²) in [6, 6.07) is 9.58. The van der Waals surface area contributed by atoms with E-state index in [0.717, 1.165) is 18.0 Å². The van der Waals surface area contributed by atoms with Crippen molar-refractivity contribution >= 4 is 17.7 Å². The van der Waals surface area contributed by atoms with Crippen LogP contribution in [0.3, 0.4) is 0 Å². The summed E-state index contributed by atoms with van der Waals surface area (Å²) in [4.78, 5) is 15.6. The number of hydrogen-bond acceptors (Lipinski definition) is 4. The van der Waals surface area contributed by atoms with Gasteiger partial charge < -0.3 is 4.90 Å². The van der Waals surface area contributed by atoms with Gasteiger partial charge in [0, 0.05) is 12.3 Å². The molecule has 0 saturated carbocycles. The van der Waals surface area contributed by atoms with Gasteiger partial charge in [0.25, 0.3) is 5.91 Å². The fraction of sp³-hybridized carbons (Fsp3) is 0.308. The number of para-hydroxylation sites is 1. The highest BCUT2D eigenvalue weighted by Gasteiger charge is 2.28. The number of rotatable bonds is 2. The van der Waals surface area contributed by atoms with Gasteiger partial charge >= 0.3 is 0 Å². The molecule has 3 rings (SSSR count). The second kappa shape index (κ2) is 5.05. The lowest BCUT2D eigenvalue weighted by Gasteiger charge is -2.18. The SMILES string of the molecule is CC1SCCN1C(=O)c1cnn(-c2ccccc2)n1. The Labute approximate surface area is 115 Å². The Hall–Kier alpha value is -1.82. The highest BCUT2D eigenvalue weighted by Crippen LogP contribution is 2.24. The van der Waals surface area contributed by atoms with Gasteiger partial charge in [-0.3, -0.25) is 4.79 Å². The van der Waals surface area contributed by atoms with Crippen LogP contribution < -0.4 is 0 Å². The van der Waals surface area contributed by atoms with E-state index in [4.69, 9.17) is 0 Å². The maximum absolute atomic E-state index is 12.3. The fourth-order valence-electron chi connectivity index (χ4n) is 2.05. The van der Waals surface area contributed by atoms with E-state index >= 15 is 0 Å². The molecule has 1 saturated heterocycles. The Morgan fingerprint density at radius 1 is 1.37 bits per heavy atom. The third kappa shape index (κ3) is 2.35. The third-order valence-electron chi connectivity index (χ3n) is 3.09. The zero-order valence-electron chi connectivity index (χ0n) is 10.6. The van der Waals surface area contributed by atoms with Crippen LogP contribution in [0.25, 0.3) is 5.69 Å². The fourth-order valence-corrected chi connectivity index (χ4v) is 3.08. The van der Waals surface area contributed by atoms with E-state index in [2.05, 4.69) is 10.2 Å². The average molecular weight is 274 g/mol. The zero-order valence-corrected chi connectivity index (χ0v) is 11.4. The molecule has 1 aromatic carbocycles. The number of carbonyl (C=O) groups excluding carboxylic acids is 1. The van der Waals surface area contributed by atoms with Gasteiger partial charge in [-0.05, 0) is 19.1 Å². The summed E-state index contributed by atoms with van der Waals surface area (Å²) in [7, 11) is 0. The molecule has 2 aromatic rings.